The summed E-state index contributed by atoms with van der Waals surface area (Å²) in [5.41, 5.74) is 1.37. The van der Waals surface area contributed by atoms with Crippen LogP contribution in [0.2, 0.25) is 0 Å². The number of nitrogens with zero attached hydrogens (tertiary/aromatic N) is 3. The summed E-state index contributed by atoms with van der Waals surface area (Å²) in [6.07, 6.45) is 2.40. The number of aliphatic hydroxyl groups is 1. The topological polar surface area (TPSA) is 101 Å². The van der Waals surface area contributed by atoms with E-state index in [1.165, 1.54) is 0 Å². The molecule has 0 radical (unpaired) electrons. The number of nitrogens with one attached hydrogen (secondary N) is 1. The summed E-state index contributed by atoms with van der Waals surface area (Å²) in [5, 5.41) is 16.3. The highest BCUT2D eigenvalue weighted by Gasteiger charge is 2.17. The Morgan fingerprint density at radius 3 is 2.78 bits per heavy atom. The van der Waals surface area contributed by atoms with Gasteiger partial charge < -0.3 is 14.9 Å². The molecule has 1 aromatic carbocycles. The number of hydrogen-bond donors (Lipinski definition) is 2. The molecule has 7 heteroatoms. The fourth-order valence-corrected chi connectivity index (χ4v) is 1.99. The maximum atomic E-state index is 12.0. The first kappa shape index (κ1) is 14.9. The zero-order chi connectivity index (χ0) is 16.1. The first-order chi connectivity index (χ1) is 11.2. The van der Waals surface area contributed by atoms with E-state index in [0.717, 1.165) is 5.56 Å². The van der Waals surface area contributed by atoms with Crippen LogP contribution < -0.4 is 5.32 Å². The van der Waals surface area contributed by atoms with Gasteiger partial charge in [0.2, 0.25) is 5.82 Å². The molecule has 0 bridgehead atoms. The highest BCUT2D eigenvalue weighted by Crippen LogP contribution is 2.14. The fraction of sp³-hybridized carbons (Fsp3) is 0.125. The molecule has 7 nitrogen and oxygen atoms in total. The van der Waals surface area contributed by atoms with Gasteiger partial charge in [-0.1, -0.05) is 35.5 Å². The number of rotatable bonds is 5. The molecule has 0 aliphatic carbocycles. The van der Waals surface area contributed by atoms with Gasteiger partial charge >= 0.3 is 11.8 Å². The first-order valence-corrected chi connectivity index (χ1v) is 6.99. The third-order valence-corrected chi connectivity index (χ3v) is 3.18. The lowest BCUT2D eigenvalue weighted by molar-refractivity contribution is 0.0873. The van der Waals surface area contributed by atoms with Crippen LogP contribution in [0.15, 0.2) is 59.4 Å². The molecule has 2 heterocycles. The van der Waals surface area contributed by atoms with E-state index in [1.807, 2.05) is 18.2 Å². The van der Waals surface area contributed by atoms with Crippen molar-refractivity contribution in [3.05, 3.63) is 66.3 Å². The Morgan fingerprint density at radius 2 is 2.04 bits per heavy atom. The van der Waals surface area contributed by atoms with E-state index in [1.54, 1.807) is 36.7 Å². The van der Waals surface area contributed by atoms with Crippen LogP contribution >= 0.6 is 0 Å². The second-order valence-electron chi connectivity index (χ2n) is 4.80. The van der Waals surface area contributed by atoms with E-state index in [9.17, 15) is 9.90 Å². The van der Waals surface area contributed by atoms with Gasteiger partial charge in [0.05, 0.1) is 6.10 Å². The van der Waals surface area contributed by atoms with E-state index >= 15 is 0 Å². The zero-order valence-electron chi connectivity index (χ0n) is 12.1. The van der Waals surface area contributed by atoms with Gasteiger partial charge in [-0.3, -0.25) is 9.78 Å². The highest BCUT2D eigenvalue weighted by atomic mass is 16.5. The lowest BCUT2D eigenvalue weighted by Gasteiger charge is -2.10. The van der Waals surface area contributed by atoms with E-state index < -0.39 is 12.0 Å². The molecule has 1 amide bonds. The van der Waals surface area contributed by atoms with Gasteiger partial charge in [0.25, 0.3) is 0 Å². The zero-order valence-corrected chi connectivity index (χ0v) is 12.1. The molecule has 23 heavy (non-hydrogen) atoms. The number of pyridine rings is 1. The number of benzene rings is 1. The number of aliphatic hydroxyl groups excluding tert-OH is 1. The van der Waals surface area contributed by atoms with Crippen LogP contribution in [0.4, 0.5) is 0 Å². The van der Waals surface area contributed by atoms with Gasteiger partial charge in [0, 0.05) is 24.5 Å². The number of carbonyl (C=O) groups excluding carboxylic acids is 1. The van der Waals surface area contributed by atoms with Gasteiger partial charge in [-0.2, -0.15) is 4.98 Å². The second-order valence-corrected chi connectivity index (χ2v) is 4.80. The van der Waals surface area contributed by atoms with Crippen molar-refractivity contribution in [3.8, 4) is 11.4 Å². The molecule has 0 spiro atoms. The minimum absolute atomic E-state index is 0.0491. The summed E-state index contributed by atoms with van der Waals surface area (Å²) in [6, 6.07) is 12.6. The van der Waals surface area contributed by atoms with E-state index in [0.29, 0.717) is 5.56 Å². The number of aromatic nitrogens is 3. The Labute approximate surface area is 132 Å². The molecule has 116 valence electrons. The van der Waals surface area contributed by atoms with E-state index in [2.05, 4.69) is 20.4 Å². The molecule has 2 aromatic heterocycles. The molecule has 3 rings (SSSR count). The van der Waals surface area contributed by atoms with Crippen LogP contribution in [-0.2, 0) is 0 Å². The average molecular weight is 310 g/mol. The Morgan fingerprint density at radius 1 is 1.22 bits per heavy atom. The van der Waals surface area contributed by atoms with E-state index in [4.69, 9.17) is 4.52 Å². The molecule has 0 aliphatic heterocycles. The van der Waals surface area contributed by atoms with Gasteiger partial charge in [-0.15, -0.1) is 0 Å². The summed E-state index contributed by atoms with van der Waals surface area (Å²) in [5.74, 6) is -0.418. The molecule has 3 aromatic rings. The summed E-state index contributed by atoms with van der Waals surface area (Å²) >= 11 is 0. The van der Waals surface area contributed by atoms with Crippen LogP contribution in [0, 0.1) is 0 Å². The molecule has 2 N–H and O–H groups in total. The quantitative estimate of drug-likeness (QED) is 0.742. The summed E-state index contributed by atoms with van der Waals surface area (Å²) < 4.78 is 4.94. The summed E-state index contributed by atoms with van der Waals surface area (Å²) in [4.78, 5) is 20.0. The first-order valence-electron chi connectivity index (χ1n) is 6.99. The van der Waals surface area contributed by atoms with Crippen LogP contribution in [0.25, 0.3) is 11.4 Å². The van der Waals surface area contributed by atoms with Crippen LogP contribution in [0.5, 0.6) is 0 Å². The average Bonchev–Trinajstić information content (AvgIpc) is 3.11. The van der Waals surface area contributed by atoms with Crippen molar-refractivity contribution in [2.45, 2.75) is 6.10 Å². The third kappa shape index (κ3) is 3.58. The fourth-order valence-electron chi connectivity index (χ4n) is 1.99. The predicted molar refractivity (Wildman–Crippen MR) is 81.3 cm³/mol. The van der Waals surface area contributed by atoms with Crippen molar-refractivity contribution in [2.24, 2.45) is 0 Å². The number of hydrogen-bond acceptors (Lipinski definition) is 6. The molecule has 0 saturated carbocycles. The van der Waals surface area contributed by atoms with Crippen molar-refractivity contribution in [3.63, 3.8) is 0 Å². The number of amides is 1. The van der Waals surface area contributed by atoms with Crippen LogP contribution in [-0.4, -0.2) is 32.7 Å². The van der Waals surface area contributed by atoms with Gasteiger partial charge in [0.1, 0.15) is 0 Å². The van der Waals surface area contributed by atoms with Crippen molar-refractivity contribution in [2.75, 3.05) is 6.54 Å². The van der Waals surface area contributed by atoms with Crippen molar-refractivity contribution in [1.82, 2.24) is 20.4 Å². The van der Waals surface area contributed by atoms with Crippen LogP contribution in [0.1, 0.15) is 22.4 Å². The maximum Gasteiger partial charge on any atom is 0.316 e. The molecular weight excluding hydrogens is 296 g/mol. The smallest absolute Gasteiger partial charge is 0.316 e. The number of carbonyl (C=O) groups is 1. The molecule has 0 unspecified atom stereocenters. The third-order valence-electron chi connectivity index (χ3n) is 3.18. The molecule has 1 atom stereocenters. The van der Waals surface area contributed by atoms with Crippen molar-refractivity contribution in [1.29, 1.82) is 0 Å². The normalized spacial score (nSPS) is 11.9. The Kier molecular flexibility index (Phi) is 4.39. The minimum atomic E-state index is -0.805. The van der Waals surface area contributed by atoms with Crippen LogP contribution in [0.3, 0.4) is 0 Å². The largest absolute Gasteiger partial charge is 0.387 e. The Balaban J connectivity index is 1.62. The molecule has 0 aliphatic rings. The highest BCUT2D eigenvalue weighted by molar-refractivity contribution is 5.89. The van der Waals surface area contributed by atoms with E-state index in [-0.39, 0.29) is 18.3 Å². The van der Waals surface area contributed by atoms with Gasteiger partial charge in [-0.25, -0.2) is 0 Å². The van der Waals surface area contributed by atoms with Crippen molar-refractivity contribution >= 4 is 5.91 Å². The predicted octanol–water partition coefficient (Wildman–Crippen LogP) is 1.59. The Hall–Kier alpha value is -3.06. The SMILES string of the molecule is O=C(NC[C@@H](O)c1ccccc1)c1nc(-c2cccnc2)no1. The second kappa shape index (κ2) is 6.80. The van der Waals surface area contributed by atoms with Gasteiger partial charge in [-0.05, 0) is 17.7 Å². The van der Waals surface area contributed by atoms with Crippen molar-refractivity contribution < 1.29 is 14.4 Å². The Bertz CT molecular complexity index is 774. The lowest BCUT2D eigenvalue weighted by atomic mass is 10.1. The molecule has 0 saturated heterocycles. The maximum absolute atomic E-state index is 12.0. The monoisotopic (exact) mass is 310 g/mol. The molecule has 0 fully saturated rings. The summed E-state index contributed by atoms with van der Waals surface area (Å²) in [6.45, 7) is 0.0491. The lowest BCUT2D eigenvalue weighted by Crippen LogP contribution is -2.28. The summed E-state index contributed by atoms with van der Waals surface area (Å²) in [7, 11) is 0. The molecular formula is C16H14N4O3. The minimum Gasteiger partial charge on any atom is -0.387 e. The standard InChI is InChI=1S/C16H14N4O3/c21-13(11-5-2-1-3-6-11)10-18-15(22)16-19-14(20-23-16)12-7-4-8-17-9-12/h1-9,13,21H,10H2,(H,18,22)/t13-/m1/s1. The van der Waals surface area contributed by atoms with Gasteiger partial charge in [0.15, 0.2) is 0 Å².